The van der Waals surface area contributed by atoms with Crippen molar-refractivity contribution in [1.82, 2.24) is 9.80 Å². The minimum Gasteiger partial charge on any atom is -0.380 e. The van der Waals surface area contributed by atoms with E-state index in [4.69, 9.17) is 0 Å². The van der Waals surface area contributed by atoms with Crippen molar-refractivity contribution in [2.45, 2.75) is 44.6 Å². The molecule has 5 nitrogen and oxygen atoms in total. The molecule has 0 bridgehead atoms. The molecule has 1 aromatic rings. The molecule has 1 N–H and O–H groups in total. The van der Waals surface area contributed by atoms with Crippen LogP contribution in [-0.2, 0) is 9.59 Å². The number of carbonyl (C=O) groups is 2. The summed E-state index contributed by atoms with van der Waals surface area (Å²) in [5, 5.41) is 3.33. The lowest BCUT2D eigenvalue weighted by atomic mass is 10.0. The van der Waals surface area contributed by atoms with Crippen molar-refractivity contribution in [3.8, 4) is 0 Å². The first-order chi connectivity index (χ1) is 12.1. The second-order valence-corrected chi connectivity index (χ2v) is 6.92. The smallest absolute Gasteiger partial charge is 0.222 e. The first kappa shape index (κ1) is 17.7. The average Bonchev–Trinajstić information content (AvgIpc) is 3.00. The number of amides is 2. The minimum absolute atomic E-state index is 0.150. The van der Waals surface area contributed by atoms with Crippen molar-refractivity contribution in [3.63, 3.8) is 0 Å². The molecule has 3 rings (SSSR count). The molecular weight excluding hydrogens is 321 g/mol. The normalized spacial score (nSPS) is 20.8. The molecule has 0 aromatic heterocycles. The van der Waals surface area contributed by atoms with Crippen LogP contribution in [0.5, 0.6) is 0 Å². The Bertz CT molecular complexity index is 622. The maximum absolute atomic E-state index is 13.3. The molecule has 1 unspecified atom stereocenters. The molecule has 0 saturated carbocycles. The third-order valence-corrected chi connectivity index (χ3v) is 4.96. The number of hydrogen-bond acceptors (Lipinski definition) is 3. The SMILES string of the molecule is O=C1CCCN1CCCC(=O)N1CCCC(Nc2cccc(F)c2)C1. The summed E-state index contributed by atoms with van der Waals surface area (Å²) in [4.78, 5) is 27.8. The molecule has 2 saturated heterocycles. The standard InChI is InChI=1S/C19H26FN3O2/c20-15-5-1-6-16(13-15)21-17-7-2-12-23(14-17)19(25)9-4-11-22-10-3-8-18(22)24/h1,5-6,13,17,21H,2-4,7-12,14H2. The van der Waals surface area contributed by atoms with E-state index in [2.05, 4.69) is 5.32 Å². The van der Waals surface area contributed by atoms with Crippen molar-refractivity contribution in [2.75, 3.05) is 31.5 Å². The predicted octanol–water partition coefficient (Wildman–Crippen LogP) is 2.63. The third kappa shape index (κ3) is 4.94. The number of halogens is 1. The molecule has 6 heteroatoms. The zero-order valence-corrected chi connectivity index (χ0v) is 14.5. The summed E-state index contributed by atoms with van der Waals surface area (Å²) in [5.41, 5.74) is 0.756. The number of nitrogens with one attached hydrogen (secondary N) is 1. The average molecular weight is 347 g/mol. The van der Waals surface area contributed by atoms with Gasteiger partial charge in [0.1, 0.15) is 5.82 Å². The molecule has 2 heterocycles. The molecule has 2 aliphatic rings. The summed E-state index contributed by atoms with van der Waals surface area (Å²) in [6, 6.07) is 6.58. The minimum atomic E-state index is -0.259. The molecule has 25 heavy (non-hydrogen) atoms. The van der Waals surface area contributed by atoms with Crippen LogP contribution >= 0.6 is 0 Å². The highest BCUT2D eigenvalue weighted by molar-refractivity contribution is 5.78. The fourth-order valence-electron chi connectivity index (χ4n) is 3.66. The second kappa shape index (κ2) is 8.32. The fraction of sp³-hybridized carbons (Fsp3) is 0.579. The number of carbonyl (C=O) groups excluding carboxylic acids is 2. The van der Waals surface area contributed by atoms with Crippen molar-refractivity contribution >= 4 is 17.5 Å². The van der Waals surface area contributed by atoms with Gasteiger partial charge >= 0.3 is 0 Å². The summed E-state index contributed by atoms with van der Waals surface area (Å²) in [6.45, 7) is 2.94. The zero-order chi connectivity index (χ0) is 17.6. The molecule has 0 radical (unpaired) electrons. The van der Waals surface area contributed by atoms with Gasteiger partial charge < -0.3 is 15.1 Å². The lowest BCUT2D eigenvalue weighted by Gasteiger charge is -2.34. The molecule has 1 atom stereocenters. The van der Waals surface area contributed by atoms with Gasteiger partial charge in [0.05, 0.1) is 0 Å². The summed E-state index contributed by atoms with van der Waals surface area (Å²) in [6.07, 6.45) is 4.71. The van der Waals surface area contributed by atoms with Crippen LogP contribution in [0.2, 0.25) is 0 Å². The molecule has 0 aliphatic carbocycles. The molecule has 1 aromatic carbocycles. The predicted molar refractivity (Wildman–Crippen MR) is 94.7 cm³/mol. The topological polar surface area (TPSA) is 52.7 Å². The van der Waals surface area contributed by atoms with Crippen LogP contribution < -0.4 is 5.32 Å². The summed E-state index contributed by atoms with van der Waals surface area (Å²) < 4.78 is 13.3. The van der Waals surface area contributed by atoms with Gasteiger partial charge in [-0.05, 0) is 43.9 Å². The maximum Gasteiger partial charge on any atom is 0.222 e. The van der Waals surface area contributed by atoms with Gasteiger partial charge in [-0.3, -0.25) is 9.59 Å². The number of hydrogen-bond donors (Lipinski definition) is 1. The van der Waals surface area contributed by atoms with Crippen LogP contribution in [0.25, 0.3) is 0 Å². The lowest BCUT2D eigenvalue weighted by molar-refractivity contribution is -0.133. The van der Waals surface area contributed by atoms with Crippen LogP contribution in [0.3, 0.4) is 0 Å². The van der Waals surface area contributed by atoms with E-state index in [-0.39, 0.29) is 23.7 Å². The first-order valence-corrected chi connectivity index (χ1v) is 9.19. The van der Waals surface area contributed by atoms with E-state index < -0.39 is 0 Å². The van der Waals surface area contributed by atoms with Gasteiger partial charge in [0.15, 0.2) is 0 Å². The Morgan fingerprint density at radius 2 is 2.16 bits per heavy atom. The van der Waals surface area contributed by atoms with Gasteiger partial charge in [-0.15, -0.1) is 0 Å². The molecule has 2 aliphatic heterocycles. The van der Waals surface area contributed by atoms with E-state index in [0.29, 0.717) is 25.9 Å². The largest absolute Gasteiger partial charge is 0.380 e. The fourth-order valence-corrected chi connectivity index (χ4v) is 3.66. The van der Waals surface area contributed by atoms with E-state index in [9.17, 15) is 14.0 Å². The van der Waals surface area contributed by atoms with E-state index >= 15 is 0 Å². The van der Waals surface area contributed by atoms with E-state index in [1.807, 2.05) is 15.9 Å². The van der Waals surface area contributed by atoms with Gasteiger partial charge in [-0.1, -0.05) is 6.07 Å². The Balaban J connectivity index is 1.44. The molecular formula is C19H26FN3O2. The number of anilines is 1. The summed E-state index contributed by atoms with van der Waals surface area (Å²) >= 11 is 0. The number of piperidine rings is 1. The van der Waals surface area contributed by atoms with E-state index in [0.717, 1.165) is 44.5 Å². The quantitative estimate of drug-likeness (QED) is 0.861. The van der Waals surface area contributed by atoms with Gasteiger partial charge in [0.2, 0.25) is 11.8 Å². The highest BCUT2D eigenvalue weighted by Crippen LogP contribution is 2.18. The molecule has 0 spiro atoms. The van der Waals surface area contributed by atoms with Gasteiger partial charge in [-0.2, -0.15) is 0 Å². The number of likely N-dealkylation sites (tertiary alicyclic amines) is 2. The van der Waals surface area contributed by atoms with Gasteiger partial charge in [0.25, 0.3) is 0 Å². The van der Waals surface area contributed by atoms with Crippen molar-refractivity contribution in [1.29, 1.82) is 0 Å². The van der Waals surface area contributed by atoms with Crippen molar-refractivity contribution < 1.29 is 14.0 Å². The number of rotatable bonds is 6. The van der Waals surface area contributed by atoms with Crippen LogP contribution in [0.1, 0.15) is 38.5 Å². The van der Waals surface area contributed by atoms with Crippen molar-refractivity contribution in [3.05, 3.63) is 30.1 Å². The third-order valence-electron chi connectivity index (χ3n) is 4.96. The Hall–Kier alpha value is -2.11. The maximum atomic E-state index is 13.3. The first-order valence-electron chi connectivity index (χ1n) is 9.19. The molecule has 2 amide bonds. The van der Waals surface area contributed by atoms with E-state index in [1.54, 1.807) is 6.07 Å². The van der Waals surface area contributed by atoms with Crippen LogP contribution in [-0.4, -0.2) is 53.8 Å². The monoisotopic (exact) mass is 347 g/mol. The Kier molecular flexibility index (Phi) is 5.89. The van der Waals surface area contributed by atoms with Crippen LogP contribution in [0, 0.1) is 5.82 Å². The molecule has 2 fully saturated rings. The summed E-state index contributed by atoms with van der Waals surface area (Å²) in [5.74, 6) is 0.104. The highest BCUT2D eigenvalue weighted by Gasteiger charge is 2.24. The number of benzene rings is 1. The van der Waals surface area contributed by atoms with Crippen LogP contribution in [0.15, 0.2) is 24.3 Å². The van der Waals surface area contributed by atoms with Crippen molar-refractivity contribution in [2.24, 2.45) is 0 Å². The van der Waals surface area contributed by atoms with Crippen LogP contribution in [0.4, 0.5) is 10.1 Å². The molecule has 136 valence electrons. The van der Waals surface area contributed by atoms with E-state index in [1.165, 1.54) is 12.1 Å². The Labute approximate surface area is 148 Å². The van der Waals surface area contributed by atoms with Gasteiger partial charge in [-0.25, -0.2) is 4.39 Å². The lowest BCUT2D eigenvalue weighted by Crippen LogP contribution is -2.45. The highest BCUT2D eigenvalue weighted by atomic mass is 19.1. The Morgan fingerprint density at radius 3 is 2.92 bits per heavy atom. The van der Waals surface area contributed by atoms with Gasteiger partial charge in [0, 0.05) is 50.7 Å². The Morgan fingerprint density at radius 1 is 1.28 bits per heavy atom. The zero-order valence-electron chi connectivity index (χ0n) is 14.5. The second-order valence-electron chi connectivity index (χ2n) is 6.92. The number of nitrogens with zero attached hydrogens (tertiary/aromatic N) is 2. The summed E-state index contributed by atoms with van der Waals surface area (Å²) in [7, 11) is 0.